The van der Waals surface area contributed by atoms with Crippen LogP contribution in [0.2, 0.25) is 0 Å². The highest BCUT2D eigenvalue weighted by molar-refractivity contribution is 7.22. The highest BCUT2D eigenvalue weighted by Crippen LogP contribution is 2.29. The second-order valence-corrected chi connectivity index (χ2v) is 7.01. The summed E-state index contributed by atoms with van der Waals surface area (Å²) in [6.07, 6.45) is 1.65. The molecule has 0 spiro atoms. The SMILES string of the molecule is O=C(Cn1ccccc1=O)N1CCN(c2nc3ccccc3s2)CC1. The van der Waals surface area contributed by atoms with Crippen molar-refractivity contribution in [3.05, 3.63) is 59.0 Å². The molecule has 4 rings (SSSR count). The zero-order chi connectivity index (χ0) is 17.2. The maximum absolute atomic E-state index is 12.4. The Bertz CT molecular complexity index is 924. The van der Waals surface area contributed by atoms with Crippen LogP contribution in [0.3, 0.4) is 0 Å². The maximum Gasteiger partial charge on any atom is 0.250 e. The zero-order valence-corrected chi connectivity index (χ0v) is 14.5. The van der Waals surface area contributed by atoms with E-state index in [0.29, 0.717) is 13.1 Å². The summed E-state index contributed by atoms with van der Waals surface area (Å²) in [5.41, 5.74) is 0.869. The van der Waals surface area contributed by atoms with Crippen molar-refractivity contribution in [3.63, 3.8) is 0 Å². The topological polar surface area (TPSA) is 58.4 Å². The number of carbonyl (C=O) groups is 1. The Morgan fingerprint density at radius 2 is 1.80 bits per heavy atom. The number of hydrogen-bond acceptors (Lipinski definition) is 5. The molecule has 1 saturated heterocycles. The summed E-state index contributed by atoms with van der Waals surface area (Å²) in [5, 5.41) is 1.01. The quantitative estimate of drug-likeness (QED) is 0.720. The summed E-state index contributed by atoms with van der Waals surface area (Å²) in [4.78, 5) is 32.9. The van der Waals surface area contributed by atoms with Crippen molar-refractivity contribution in [2.75, 3.05) is 31.1 Å². The number of nitrogens with zero attached hydrogens (tertiary/aromatic N) is 4. The van der Waals surface area contributed by atoms with Crippen LogP contribution >= 0.6 is 11.3 Å². The Kier molecular flexibility index (Phi) is 4.23. The predicted molar refractivity (Wildman–Crippen MR) is 99.1 cm³/mol. The number of carbonyl (C=O) groups excluding carboxylic acids is 1. The van der Waals surface area contributed by atoms with Gasteiger partial charge in [-0.25, -0.2) is 4.98 Å². The first-order chi connectivity index (χ1) is 12.2. The Hall–Kier alpha value is -2.67. The van der Waals surface area contributed by atoms with Crippen LogP contribution in [0.5, 0.6) is 0 Å². The van der Waals surface area contributed by atoms with Gasteiger partial charge >= 0.3 is 0 Å². The first kappa shape index (κ1) is 15.8. The fourth-order valence-electron chi connectivity index (χ4n) is 2.98. The number of pyridine rings is 1. The van der Waals surface area contributed by atoms with E-state index in [4.69, 9.17) is 0 Å². The van der Waals surface area contributed by atoms with Crippen molar-refractivity contribution < 1.29 is 4.79 Å². The molecule has 0 saturated carbocycles. The predicted octanol–water partition coefficient (Wildman–Crippen LogP) is 1.81. The van der Waals surface area contributed by atoms with Crippen LogP contribution in [0.25, 0.3) is 10.2 Å². The van der Waals surface area contributed by atoms with Gasteiger partial charge in [-0.3, -0.25) is 9.59 Å². The third kappa shape index (κ3) is 3.28. The number of fused-ring (bicyclic) bond motifs is 1. The molecule has 0 radical (unpaired) electrons. The Morgan fingerprint density at radius 3 is 2.56 bits per heavy atom. The smallest absolute Gasteiger partial charge is 0.250 e. The van der Waals surface area contributed by atoms with E-state index >= 15 is 0 Å². The minimum Gasteiger partial charge on any atom is -0.345 e. The van der Waals surface area contributed by atoms with Crippen molar-refractivity contribution in [3.8, 4) is 0 Å². The molecule has 3 aromatic rings. The molecule has 6 nitrogen and oxygen atoms in total. The molecule has 128 valence electrons. The Labute approximate surface area is 148 Å². The van der Waals surface area contributed by atoms with E-state index in [1.807, 2.05) is 23.1 Å². The van der Waals surface area contributed by atoms with Crippen LogP contribution in [-0.4, -0.2) is 46.5 Å². The summed E-state index contributed by atoms with van der Waals surface area (Å²) in [5.74, 6) is -0.0164. The van der Waals surface area contributed by atoms with Gasteiger partial charge in [0.2, 0.25) is 5.91 Å². The molecule has 2 aromatic heterocycles. The normalized spacial score (nSPS) is 14.9. The van der Waals surface area contributed by atoms with Gasteiger partial charge in [0.1, 0.15) is 6.54 Å². The average molecular weight is 354 g/mol. The van der Waals surface area contributed by atoms with Crippen LogP contribution < -0.4 is 10.5 Å². The van der Waals surface area contributed by atoms with Crippen molar-refractivity contribution in [2.24, 2.45) is 0 Å². The molecule has 1 amide bonds. The lowest BCUT2D eigenvalue weighted by Crippen LogP contribution is -2.50. The molecular formula is C18H18N4O2S. The molecule has 0 unspecified atom stereocenters. The second-order valence-electron chi connectivity index (χ2n) is 6.00. The van der Waals surface area contributed by atoms with Crippen molar-refractivity contribution in [2.45, 2.75) is 6.54 Å². The fraction of sp³-hybridized carbons (Fsp3) is 0.278. The van der Waals surface area contributed by atoms with Crippen molar-refractivity contribution in [1.82, 2.24) is 14.5 Å². The molecule has 0 atom stereocenters. The number of rotatable bonds is 3. The third-order valence-corrected chi connectivity index (χ3v) is 5.49. The minimum atomic E-state index is -0.149. The van der Waals surface area contributed by atoms with Gasteiger partial charge < -0.3 is 14.4 Å². The van der Waals surface area contributed by atoms with E-state index in [1.165, 1.54) is 15.3 Å². The van der Waals surface area contributed by atoms with E-state index in [1.54, 1.807) is 29.7 Å². The van der Waals surface area contributed by atoms with Gasteiger partial charge in [-0.1, -0.05) is 29.5 Å². The van der Waals surface area contributed by atoms with Gasteiger partial charge in [-0.2, -0.15) is 0 Å². The zero-order valence-electron chi connectivity index (χ0n) is 13.7. The van der Waals surface area contributed by atoms with Gasteiger partial charge in [-0.15, -0.1) is 0 Å². The molecule has 0 bridgehead atoms. The molecule has 3 heterocycles. The van der Waals surface area contributed by atoms with Crippen LogP contribution in [0.15, 0.2) is 53.5 Å². The lowest BCUT2D eigenvalue weighted by molar-refractivity contribution is -0.132. The van der Waals surface area contributed by atoms with E-state index in [0.717, 1.165) is 23.7 Å². The highest BCUT2D eigenvalue weighted by atomic mass is 32.1. The van der Waals surface area contributed by atoms with Gasteiger partial charge in [0.15, 0.2) is 5.13 Å². The number of hydrogen-bond donors (Lipinski definition) is 0. The van der Waals surface area contributed by atoms with Crippen LogP contribution in [0, 0.1) is 0 Å². The number of piperazine rings is 1. The minimum absolute atomic E-state index is 0.0164. The lowest BCUT2D eigenvalue weighted by Gasteiger charge is -2.34. The monoisotopic (exact) mass is 354 g/mol. The first-order valence-electron chi connectivity index (χ1n) is 8.24. The van der Waals surface area contributed by atoms with Crippen LogP contribution in [0.1, 0.15) is 0 Å². The summed E-state index contributed by atoms with van der Waals surface area (Å²) < 4.78 is 2.63. The largest absolute Gasteiger partial charge is 0.345 e. The van der Waals surface area contributed by atoms with Crippen LogP contribution in [-0.2, 0) is 11.3 Å². The van der Waals surface area contributed by atoms with Crippen molar-refractivity contribution >= 4 is 32.6 Å². The molecule has 7 heteroatoms. The lowest BCUT2D eigenvalue weighted by atomic mass is 10.3. The number of aromatic nitrogens is 2. The molecule has 1 aromatic carbocycles. The standard InChI is InChI=1S/C18H18N4O2S/c23-16-7-3-4-8-22(16)13-17(24)20-9-11-21(12-10-20)18-19-14-5-1-2-6-15(14)25-18/h1-8H,9-13H2. The number of benzene rings is 1. The number of para-hydroxylation sites is 1. The highest BCUT2D eigenvalue weighted by Gasteiger charge is 2.23. The number of amides is 1. The van der Waals surface area contributed by atoms with Gasteiger partial charge in [0, 0.05) is 38.4 Å². The Morgan fingerprint density at radius 1 is 1.04 bits per heavy atom. The van der Waals surface area contributed by atoms with E-state index in [9.17, 15) is 9.59 Å². The van der Waals surface area contributed by atoms with Crippen molar-refractivity contribution in [1.29, 1.82) is 0 Å². The van der Waals surface area contributed by atoms with Gasteiger partial charge in [-0.05, 0) is 18.2 Å². The fourth-order valence-corrected chi connectivity index (χ4v) is 4.00. The molecule has 1 fully saturated rings. The maximum atomic E-state index is 12.4. The molecule has 25 heavy (non-hydrogen) atoms. The second kappa shape index (κ2) is 6.68. The number of anilines is 1. The molecule has 0 N–H and O–H groups in total. The summed E-state index contributed by atoms with van der Waals surface area (Å²) in [7, 11) is 0. The molecule has 1 aliphatic rings. The average Bonchev–Trinajstić information content (AvgIpc) is 3.08. The van der Waals surface area contributed by atoms with E-state index < -0.39 is 0 Å². The summed E-state index contributed by atoms with van der Waals surface area (Å²) in [6.45, 7) is 2.91. The summed E-state index contributed by atoms with van der Waals surface area (Å²) in [6, 6.07) is 13.0. The molecular weight excluding hydrogens is 336 g/mol. The van der Waals surface area contributed by atoms with Crippen LogP contribution in [0.4, 0.5) is 5.13 Å². The summed E-state index contributed by atoms with van der Waals surface area (Å²) >= 11 is 1.68. The molecule has 1 aliphatic heterocycles. The van der Waals surface area contributed by atoms with Gasteiger partial charge in [0.05, 0.1) is 10.2 Å². The third-order valence-electron chi connectivity index (χ3n) is 4.39. The first-order valence-corrected chi connectivity index (χ1v) is 9.06. The van der Waals surface area contributed by atoms with Gasteiger partial charge in [0.25, 0.3) is 5.56 Å². The number of thiazole rings is 1. The van der Waals surface area contributed by atoms with E-state index in [-0.39, 0.29) is 18.0 Å². The molecule has 0 aliphatic carbocycles. The Balaban J connectivity index is 1.40. The van der Waals surface area contributed by atoms with E-state index in [2.05, 4.69) is 16.0 Å².